The molecule has 1 aromatic carbocycles. The van der Waals surface area contributed by atoms with Gasteiger partial charge in [0, 0.05) is 11.0 Å². The zero-order valence-electron chi connectivity index (χ0n) is 11.8. The Morgan fingerprint density at radius 1 is 1.35 bits per heavy atom. The molecule has 1 rings (SSSR count). The van der Waals surface area contributed by atoms with Crippen molar-refractivity contribution in [3.8, 4) is 0 Å². The van der Waals surface area contributed by atoms with Crippen LogP contribution in [-0.2, 0) is 26.7 Å². The minimum Gasteiger partial charge on any atom is -0.369 e. The summed E-state index contributed by atoms with van der Waals surface area (Å²) in [6, 6.07) is 2.86. The smallest absolute Gasteiger partial charge is 0.369 e. The van der Waals surface area contributed by atoms with Crippen LogP contribution in [0.5, 0.6) is 0 Å². The maximum absolute atomic E-state index is 12.8. The maximum Gasteiger partial charge on any atom is 0.416 e. The lowest BCUT2D eigenvalue weighted by atomic mass is 10.1. The number of hydrogen-bond donors (Lipinski definition) is 1. The first kappa shape index (κ1) is 19.7. The molecular weight excluding hydrogens is 401 g/mol. The van der Waals surface area contributed by atoms with E-state index in [9.17, 15) is 26.4 Å². The van der Waals surface area contributed by atoms with Crippen molar-refractivity contribution in [3.05, 3.63) is 46.5 Å². The topological polar surface area (TPSA) is 80.5 Å². The fraction of sp³-hybridized carbons (Fsp3) is 0.308. The van der Waals surface area contributed by atoms with Crippen molar-refractivity contribution in [2.45, 2.75) is 11.9 Å². The standard InChI is InChI=1S/C13H14BrF3N2O3S/c1-2-3-19(7-12(18)20)23(21,22)8-9-4-10(13(15,16)17)6-11(14)5-9/h2,4-6H,1,3,7-8H2,(H2,18,20). The SMILES string of the molecule is C=CCN(CC(N)=O)S(=O)(=O)Cc1cc(Br)cc(C(F)(F)F)c1. The second-order valence-corrected chi connectivity index (χ2v) is 7.53. The molecule has 0 saturated heterocycles. The van der Waals surface area contributed by atoms with E-state index in [1.165, 1.54) is 12.1 Å². The molecular formula is C13H14BrF3N2O3S. The molecule has 1 amide bonds. The Balaban J connectivity index is 3.15. The highest BCUT2D eigenvalue weighted by atomic mass is 79.9. The number of rotatable bonds is 7. The van der Waals surface area contributed by atoms with Crippen LogP contribution in [0, 0.1) is 0 Å². The van der Waals surface area contributed by atoms with Gasteiger partial charge in [-0.2, -0.15) is 17.5 Å². The normalized spacial score (nSPS) is 12.4. The van der Waals surface area contributed by atoms with Crippen LogP contribution < -0.4 is 5.73 Å². The first-order valence-electron chi connectivity index (χ1n) is 6.19. The third-order valence-electron chi connectivity index (χ3n) is 2.69. The van der Waals surface area contributed by atoms with Crippen molar-refractivity contribution >= 4 is 31.9 Å². The summed E-state index contributed by atoms with van der Waals surface area (Å²) in [6.45, 7) is 2.62. The van der Waals surface area contributed by atoms with E-state index in [4.69, 9.17) is 5.73 Å². The molecule has 0 aliphatic carbocycles. The molecule has 0 unspecified atom stereocenters. The van der Waals surface area contributed by atoms with Gasteiger partial charge in [0.05, 0.1) is 17.9 Å². The number of halogens is 4. The predicted octanol–water partition coefficient (Wildman–Crippen LogP) is 2.27. The Hall–Kier alpha value is -1.39. The average Bonchev–Trinajstić information content (AvgIpc) is 2.35. The molecule has 0 saturated carbocycles. The average molecular weight is 415 g/mol. The number of alkyl halides is 3. The Bertz CT molecular complexity index is 705. The summed E-state index contributed by atoms with van der Waals surface area (Å²) in [5.74, 6) is -1.57. The zero-order valence-corrected chi connectivity index (χ0v) is 14.2. The van der Waals surface area contributed by atoms with E-state index in [0.29, 0.717) is 0 Å². The summed E-state index contributed by atoms with van der Waals surface area (Å²) in [6.07, 6.45) is -3.35. The first-order valence-corrected chi connectivity index (χ1v) is 8.59. The van der Waals surface area contributed by atoms with Crippen molar-refractivity contribution < 1.29 is 26.4 Å². The minimum atomic E-state index is -4.60. The van der Waals surface area contributed by atoms with Crippen molar-refractivity contribution in [1.29, 1.82) is 0 Å². The van der Waals surface area contributed by atoms with Crippen LogP contribution in [0.4, 0.5) is 13.2 Å². The number of carbonyl (C=O) groups excluding carboxylic acids is 1. The van der Waals surface area contributed by atoms with Gasteiger partial charge in [-0.3, -0.25) is 4.79 Å². The highest BCUT2D eigenvalue weighted by Crippen LogP contribution is 2.32. The number of benzene rings is 1. The highest BCUT2D eigenvalue weighted by Gasteiger charge is 2.32. The number of carbonyl (C=O) groups is 1. The fourth-order valence-electron chi connectivity index (χ4n) is 1.79. The van der Waals surface area contributed by atoms with Crippen molar-refractivity contribution in [2.24, 2.45) is 5.73 Å². The predicted molar refractivity (Wildman–Crippen MR) is 82.7 cm³/mol. The van der Waals surface area contributed by atoms with Crippen molar-refractivity contribution in [3.63, 3.8) is 0 Å². The van der Waals surface area contributed by atoms with Crippen LogP contribution in [-0.4, -0.2) is 31.7 Å². The molecule has 0 atom stereocenters. The summed E-state index contributed by atoms with van der Waals surface area (Å²) < 4.78 is 63.7. The maximum atomic E-state index is 12.8. The molecule has 0 aliphatic rings. The van der Waals surface area contributed by atoms with Gasteiger partial charge in [-0.1, -0.05) is 22.0 Å². The third kappa shape index (κ3) is 5.96. The number of primary amides is 1. The zero-order chi connectivity index (χ0) is 17.8. The quantitative estimate of drug-likeness (QED) is 0.694. The second kappa shape index (κ2) is 7.45. The summed E-state index contributed by atoms with van der Waals surface area (Å²) in [4.78, 5) is 10.9. The summed E-state index contributed by atoms with van der Waals surface area (Å²) in [7, 11) is -4.04. The molecule has 128 valence electrons. The van der Waals surface area contributed by atoms with Crippen LogP contribution in [0.1, 0.15) is 11.1 Å². The van der Waals surface area contributed by atoms with Crippen LogP contribution in [0.15, 0.2) is 35.3 Å². The van der Waals surface area contributed by atoms with Gasteiger partial charge in [-0.05, 0) is 23.8 Å². The van der Waals surface area contributed by atoms with E-state index in [-0.39, 0.29) is 16.6 Å². The lowest BCUT2D eigenvalue weighted by Crippen LogP contribution is -2.39. The first-order chi connectivity index (χ1) is 10.5. The van der Waals surface area contributed by atoms with Crippen molar-refractivity contribution in [1.82, 2.24) is 4.31 Å². The Morgan fingerprint density at radius 2 is 1.96 bits per heavy atom. The van der Waals surface area contributed by atoms with Gasteiger partial charge in [-0.15, -0.1) is 6.58 Å². The number of hydrogen-bond acceptors (Lipinski definition) is 3. The van der Waals surface area contributed by atoms with Gasteiger partial charge in [0.25, 0.3) is 0 Å². The molecule has 0 aliphatic heterocycles. The lowest BCUT2D eigenvalue weighted by molar-refractivity contribution is -0.137. The molecule has 0 aromatic heterocycles. The summed E-state index contributed by atoms with van der Waals surface area (Å²) >= 11 is 2.92. The van der Waals surface area contributed by atoms with E-state index in [0.717, 1.165) is 16.4 Å². The van der Waals surface area contributed by atoms with Crippen LogP contribution in [0.2, 0.25) is 0 Å². The lowest BCUT2D eigenvalue weighted by Gasteiger charge is -2.19. The molecule has 0 heterocycles. The Kier molecular flexibility index (Phi) is 6.37. The highest BCUT2D eigenvalue weighted by molar-refractivity contribution is 9.10. The van der Waals surface area contributed by atoms with E-state index >= 15 is 0 Å². The largest absolute Gasteiger partial charge is 0.416 e. The van der Waals surface area contributed by atoms with Gasteiger partial charge >= 0.3 is 6.18 Å². The molecule has 1 aromatic rings. The van der Waals surface area contributed by atoms with Crippen LogP contribution >= 0.6 is 15.9 Å². The monoisotopic (exact) mass is 414 g/mol. The molecule has 0 fully saturated rings. The fourth-order valence-corrected chi connectivity index (χ4v) is 3.76. The summed E-state index contributed by atoms with van der Waals surface area (Å²) in [5.41, 5.74) is 3.95. The minimum absolute atomic E-state index is 0.0646. The Labute approximate surface area is 140 Å². The molecule has 0 spiro atoms. The second-order valence-electron chi connectivity index (χ2n) is 4.65. The number of nitrogens with zero attached hydrogens (tertiary/aromatic N) is 1. The van der Waals surface area contributed by atoms with Gasteiger partial charge in [-0.25, -0.2) is 8.42 Å². The molecule has 2 N–H and O–H groups in total. The molecule has 0 radical (unpaired) electrons. The van der Waals surface area contributed by atoms with E-state index < -0.39 is 40.0 Å². The van der Waals surface area contributed by atoms with E-state index in [1.54, 1.807) is 0 Å². The van der Waals surface area contributed by atoms with E-state index in [1.807, 2.05) is 0 Å². The molecule has 5 nitrogen and oxygen atoms in total. The molecule has 23 heavy (non-hydrogen) atoms. The Morgan fingerprint density at radius 3 is 2.43 bits per heavy atom. The number of sulfonamides is 1. The third-order valence-corrected chi connectivity index (χ3v) is 4.91. The number of amides is 1. The van der Waals surface area contributed by atoms with Gasteiger partial charge in [0.15, 0.2) is 0 Å². The van der Waals surface area contributed by atoms with Gasteiger partial charge < -0.3 is 5.73 Å². The number of nitrogens with two attached hydrogens (primary N) is 1. The summed E-state index contributed by atoms with van der Waals surface area (Å²) in [5, 5.41) is 0. The van der Waals surface area contributed by atoms with Crippen LogP contribution in [0.25, 0.3) is 0 Å². The molecule has 10 heteroatoms. The van der Waals surface area contributed by atoms with Crippen LogP contribution in [0.3, 0.4) is 0 Å². The van der Waals surface area contributed by atoms with Gasteiger partial charge in [0.1, 0.15) is 0 Å². The van der Waals surface area contributed by atoms with Crippen molar-refractivity contribution in [2.75, 3.05) is 13.1 Å². The molecule has 0 bridgehead atoms. The van der Waals surface area contributed by atoms with E-state index in [2.05, 4.69) is 22.5 Å². The van der Waals surface area contributed by atoms with Gasteiger partial charge in [0.2, 0.25) is 15.9 Å².